The highest BCUT2D eigenvalue weighted by Gasteiger charge is 2.48. The standard InChI is InChI=1S/C26H25BrN2O3/c1-17-5-14-23-22(15-17)26(4,19-8-10-20(27)11-9-19)16-25(2,3)28(23)24(30)18-6-12-21(13-7-18)29(31)32/h5-15H,16H2,1-4H3. The van der Waals surface area contributed by atoms with Crippen molar-refractivity contribution in [1.82, 2.24) is 0 Å². The number of nitro groups is 1. The number of carbonyl (C=O) groups is 1. The SMILES string of the molecule is Cc1ccc2c(c1)C(C)(c1ccc(Br)cc1)CC(C)(C)N2C(=O)c1ccc([N+](=O)[O-])cc1. The van der Waals surface area contributed by atoms with Gasteiger partial charge in [-0.25, -0.2) is 0 Å². The molecule has 3 aromatic carbocycles. The van der Waals surface area contributed by atoms with Gasteiger partial charge in [-0.3, -0.25) is 14.9 Å². The zero-order valence-corrected chi connectivity index (χ0v) is 20.1. The van der Waals surface area contributed by atoms with E-state index in [0.29, 0.717) is 5.56 Å². The van der Waals surface area contributed by atoms with Crippen molar-refractivity contribution in [1.29, 1.82) is 0 Å². The van der Waals surface area contributed by atoms with Crippen molar-refractivity contribution in [3.63, 3.8) is 0 Å². The summed E-state index contributed by atoms with van der Waals surface area (Å²) in [6.07, 6.45) is 0.733. The van der Waals surface area contributed by atoms with Crippen molar-refractivity contribution in [3.05, 3.63) is 104 Å². The van der Waals surface area contributed by atoms with E-state index in [2.05, 4.69) is 74.0 Å². The number of aryl methyl sites for hydroxylation is 1. The number of carbonyl (C=O) groups excluding carboxylic acids is 1. The van der Waals surface area contributed by atoms with Crippen molar-refractivity contribution in [2.24, 2.45) is 0 Å². The normalized spacial score (nSPS) is 19.3. The number of rotatable bonds is 3. The van der Waals surface area contributed by atoms with Crippen LogP contribution in [-0.2, 0) is 5.41 Å². The largest absolute Gasteiger partial charge is 0.302 e. The quantitative estimate of drug-likeness (QED) is 0.298. The molecule has 1 aliphatic heterocycles. The number of nitrogens with zero attached hydrogens (tertiary/aromatic N) is 2. The van der Waals surface area contributed by atoms with E-state index in [4.69, 9.17) is 0 Å². The molecule has 0 saturated heterocycles. The molecule has 0 N–H and O–H groups in total. The number of non-ortho nitro benzene ring substituents is 1. The van der Waals surface area contributed by atoms with Gasteiger partial charge in [0, 0.05) is 38.8 Å². The first-order valence-electron chi connectivity index (χ1n) is 10.5. The first-order chi connectivity index (χ1) is 15.0. The van der Waals surface area contributed by atoms with E-state index in [0.717, 1.165) is 27.7 Å². The van der Waals surface area contributed by atoms with Gasteiger partial charge in [0.2, 0.25) is 0 Å². The summed E-state index contributed by atoms with van der Waals surface area (Å²) in [4.78, 5) is 26.1. The lowest BCUT2D eigenvalue weighted by molar-refractivity contribution is -0.384. The molecule has 0 bridgehead atoms. The lowest BCUT2D eigenvalue weighted by Gasteiger charge is -2.51. The van der Waals surface area contributed by atoms with Crippen LogP contribution in [0.4, 0.5) is 11.4 Å². The van der Waals surface area contributed by atoms with Crippen molar-refractivity contribution < 1.29 is 9.72 Å². The fourth-order valence-electron chi connectivity index (χ4n) is 4.97. The molecule has 0 radical (unpaired) electrons. The molecule has 1 atom stereocenters. The summed E-state index contributed by atoms with van der Waals surface area (Å²) in [5.74, 6) is -0.159. The molecule has 0 fully saturated rings. The smallest absolute Gasteiger partial charge is 0.269 e. The van der Waals surface area contributed by atoms with E-state index in [9.17, 15) is 14.9 Å². The molecule has 6 heteroatoms. The average Bonchev–Trinajstić information content (AvgIpc) is 2.74. The predicted octanol–water partition coefficient (Wildman–Crippen LogP) is 6.80. The molecule has 5 nitrogen and oxygen atoms in total. The van der Waals surface area contributed by atoms with Gasteiger partial charge in [-0.15, -0.1) is 0 Å². The molecule has 0 saturated carbocycles. The molecule has 0 aliphatic carbocycles. The molecule has 3 aromatic rings. The molecule has 1 aliphatic rings. The van der Waals surface area contributed by atoms with Gasteiger partial charge in [-0.05, 0) is 68.7 Å². The molecule has 32 heavy (non-hydrogen) atoms. The molecule has 1 amide bonds. The Morgan fingerprint density at radius 2 is 1.62 bits per heavy atom. The molecule has 1 unspecified atom stereocenters. The zero-order chi connectivity index (χ0) is 23.3. The van der Waals surface area contributed by atoms with E-state index >= 15 is 0 Å². The first-order valence-corrected chi connectivity index (χ1v) is 11.3. The number of nitro benzene ring substituents is 1. The van der Waals surface area contributed by atoms with Crippen LogP contribution in [0.1, 0.15) is 54.2 Å². The number of hydrogen-bond acceptors (Lipinski definition) is 3. The van der Waals surface area contributed by atoms with Crippen LogP contribution in [0.2, 0.25) is 0 Å². The Bertz CT molecular complexity index is 1200. The third kappa shape index (κ3) is 3.73. The van der Waals surface area contributed by atoms with Crippen LogP contribution in [-0.4, -0.2) is 16.4 Å². The van der Waals surface area contributed by atoms with E-state index in [1.54, 1.807) is 0 Å². The van der Waals surface area contributed by atoms with Gasteiger partial charge in [-0.2, -0.15) is 0 Å². The number of fused-ring (bicyclic) bond motifs is 1. The van der Waals surface area contributed by atoms with Crippen molar-refractivity contribution in [2.75, 3.05) is 4.90 Å². The maximum atomic E-state index is 13.7. The Hall–Kier alpha value is -2.99. The van der Waals surface area contributed by atoms with Gasteiger partial charge in [0.25, 0.3) is 11.6 Å². The second-order valence-corrected chi connectivity index (χ2v) is 10.2. The minimum Gasteiger partial charge on any atom is -0.302 e. The van der Waals surface area contributed by atoms with E-state index in [1.165, 1.54) is 29.8 Å². The van der Waals surface area contributed by atoms with Crippen LogP contribution >= 0.6 is 15.9 Å². The highest BCUT2D eigenvalue weighted by Crippen LogP contribution is 2.51. The molecule has 0 spiro atoms. The van der Waals surface area contributed by atoms with Crippen molar-refractivity contribution in [3.8, 4) is 0 Å². The maximum absolute atomic E-state index is 13.7. The Morgan fingerprint density at radius 3 is 2.22 bits per heavy atom. The van der Waals surface area contributed by atoms with Gasteiger partial charge in [-0.1, -0.05) is 52.7 Å². The van der Waals surface area contributed by atoms with Gasteiger partial charge in [0.15, 0.2) is 0 Å². The lowest BCUT2D eigenvalue weighted by atomic mass is 9.65. The van der Waals surface area contributed by atoms with Gasteiger partial charge < -0.3 is 4.90 Å². The lowest BCUT2D eigenvalue weighted by Crippen LogP contribution is -2.55. The fraction of sp³-hybridized carbons (Fsp3) is 0.269. The second-order valence-electron chi connectivity index (χ2n) is 9.29. The second kappa shape index (κ2) is 7.85. The van der Waals surface area contributed by atoms with Crippen LogP contribution in [0.15, 0.2) is 71.2 Å². The molecule has 0 aromatic heterocycles. The average molecular weight is 493 g/mol. The van der Waals surface area contributed by atoms with Crippen LogP contribution in [0, 0.1) is 17.0 Å². The third-order valence-electron chi connectivity index (χ3n) is 6.39. The van der Waals surface area contributed by atoms with Crippen LogP contribution in [0.25, 0.3) is 0 Å². The molecular weight excluding hydrogens is 468 g/mol. The number of anilines is 1. The summed E-state index contributed by atoms with van der Waals surface area (Å²) in [6, 6.07) is 20.4. The topological polar surface area (TPSA) is 63.5 Å². The fourth-order valence-corrected chi connectivity index (χ4v) is 5.23. The minimum absolute atomic E-state index is 0.0294. The summed E-state index contributed by atoms with van der Waals surface area (Å²) in [7, 11) is 0. The van der Waals surface area contributed by atoms with Crippen molar-refractivity contribution in [2.45, 2.75) is 45.1 Å². The van der Waals surface area contributed by atoms with E-state index in [-0.39, 0.29) is 17.0 Å². The monoisotopic (exact) mass is 492 g/mol. The Labute approximate surface area is 196 Å². The third-order valence-corrected chi connectivity index (χ3v) is 6.92. The van der Waals surface area contributed by atoms with E-state index in [1.807, 2.05) is 17.0 Å². The maximum Gasteiger partial charge on any atom is 0.269 e. The molecule has 4 rings (SSSR count). The van der Waals surface area contributed by atoms with Gasteiger partial charge >= 0.3 is 0 Å². The van der Waals surface area contributed by atoms with E-state index < -0.39 is 10.5 Å². The minimum atomic E-state index is -0.483. The molecule has 1 heterocycles. The number of benzene rings is 3. The highest BCUT2D eigenvalue weighted by atomic mass is 79.9. The Morgan fingerprint density at radius 1 is 1.00 bits per heavy atom. The zero-order valence-electron chi connectivity index (χ0n) is 18.6. The number of amides is 1. The molecule has 164 valence electrons. The van der Waals surface area contributed by atoms with Gasteiger partial charge in [0.1, 0.15) is 0 Å². The van der Waals surface area contributed by atoms with Gasteiger partial charge in [0.05, 0.1) is 4.92 Å². The summed E-state index contributed by atoms with van der Waals surface area (Å²) < 4.78 is 1.03. The summed E-state index contributed by atoms with van der Waals surface area (Å²) in [5.41, 5.74) is 3.95. The first kappa shape index (κ1) is 22.2. The molecular formula is C26H25BrN2O3. The summed E-state index contributed by atoms with van der Waals surface area (Å²) in [6.45, 7) is 8.46. The van der Waals surface area contributed by atoms with Crippen LogP contribution < -0.4 is 4.90 Å². The summed E-state index contributed by atoms with van der Waals surface area (Å²) >= 11 is 3.53. The number of hydrogen-bond donors (Lipinski definition) is 0. The number of halogens is 1. The Balaban J connectivity index is 1.86. The van der Waals surface area contributed by atoms with Crippen LogP contribution in [0.3, 0.4) is 0 Å². The highest BCUT2D eigenvalue weighted by molar-refractivity contribution is 9.10. The van der Waals surface area contributed by atoms with Crippen LogP contribution in [0.5, 0.6) is 0 Å². The predicted molar refractivity (Wildman–Crippen MR) is 130 cm³/mol. The Kier molecular flexibility index (Phi) is 5.45. The summed E-state index contributed by atoms with van der Waals surface area (Å²) in [5, 5.41) is 11.0. The van der Waals surface area contributed by atoms with Crippen molar-refractivity contribution >= 4 is 33.2 Å².